The van der Waals surface area contributed by atoms with Crippen molar-refractivity contribution in [2.24, 2.45) is 10.9 Å². The minimum atomic E-state index is 0.342. The van der Waals surface area contributed by atoms with Gasteiger partial charge in [-0.3, -0.25) is 4.99 Å². The summed E-state index contributed by atoms with van der Waals surface area (Å²) in [5.41, 5.74) is 0. The van der Waals surface area contributed by atoms with Crippen LogP contribution in [0.4, 0.5) is 0 Å². The van der Waals surface area contributed by atoms with Crippen molar-refractivity contribution in [2.45, 2.75) is 57.7 Å². The Kier molecular flexibility index (Phi) is 4.74. The lowest BCUT2D eigenvalue weighted by Gasteiger charge is -2.15. The highest BCUT2D eigenvalue weighted by atomic mass is 32.2. The summed E-state index contributed by atoms with van der Waals surface area (Å²) in [6, 6.07) is 0.994. The zero-order valence-corrected chi connectivity index (χ0v) is 11.9. The van der Waals surface area contributed by atoms with Gasteiger partial charge in [-0.1, -0.05) is 25.6 Å². The van der Waals surface area contributed by atoms with E-state index in [1.54, 1.807) is 7.11 Å². The van der Waals surface area contributed by atoms with Gasteiger partial charge in [-0.2, -0.15) is 0 Å². The summed E-state index contributed by atoms with van der Waals surface area (Å²) in [5.74, 6) is 1.92. The summed E-state index contributed by atoms with van der Waals surface area (Å²) in [6.45, 7) is 4.55. The van der Waals surface area contributed by atoms with E-state index >= 15 is 0 Å². The average molecular weight is 256 g/mol. The summed E-state index contributed by atoms with van der Waals surface area (Å²) in [6.07, 6.45) is 5.18. The molecule has 1 N–H and O–H groups in total. The van der Waals surface area contributed by atoms with Gasteiger partial charge in [0, 0.05) is 18.9 Å². The van der Waals surface area contributed by atoms with E-state index in [4.69, 9.17) is 9.73 Å². The molecule has 1 aliphatic heterocycles. The van der Waals surface area contributed by atoms with Crippen molar-refractivity contribution in [3.05, 3.63) is 0 Å². The Morgan fingerprint density at radius 2 is 2.29 bits per heavy atom. The Morgan fingerprint density at radius 1 is 1.47 bits per heavy atom. The molecule has 1 saturated carbocycles. The third kappa shape index (κ3) is 3.62. The van der Waals surface area contributed by atoms with Crippen LogP contribution in [0.15, 0.2) is 4.99 Å². The second-order valence-electron chi connectivity index (χ2n) is 5.49. The summed E-state index contributed by atoms with van der Waals surface area (Å²) in [4.78, 5) is 4.83. The third-order valence-corrected chi connectivity index (χ3v) is 4.57. The van der Waals surface area contributed by atoms with Crippen LogP contribution in [0.25, 0.3) is 0 Å². The van der Waals surface area contributed by atoms with Gasteiger partial charge in [0.25, 0.3) is 0 Å². The van der Waals surface area contributed by atoms with Gasteiger partial charge in [-0.05, 0) is 31.6 Å². The molecule has 0 aromatic heterocycles. The molecule has 98 valence electrons. The molecule has 1 heterocycles. The highest BCUT2D eigenvalue weighted by molar-refractivity contribution is 8.14. The quantitative estimate of drug-likeness (QED) is 0.839. The minimum absolute atomic E-state index is 0.342. The van der Waals surface area contributed by atoms with Gasteiger partial charge in [0.15, 0.2) is 5.17 Å². The number of methoxy groups -OCH3 is 1. The van der Waals surface area contributed by atoms with Crippen molar-refractivity contribution >= 4 is 16.9 Å². The van der Waals surface area contributed by atoms with Crippen LogP contribution in [-0.4, -0.2) is 36.2 Å². The molecule has 0 aromatic carbocycles. The highest BCUT2D eigenvalue weighted by Gasteiger charge is 2.29. The van der Waals surface area contributed by atoms with Gasteiger partial charge < -0.3 is 10.1 Å². The number of ether oxygens (including phenoxy) is 1. The third-order valence-electron chi connectivity index (χ3n) is 3.51. The molecule has 0 aromatic rings. The topological polar surface area (TPSA) is 33.6 Å². The van der Waals surface area contributed by atoms with Crippen molar-refractivity contribution < 1.29 is 4.74 Å². The minimum Gasteiger partial charge on any atom is -0.379 e. The molecular formula is C13H24N2OS. The summed E-state index contributed by atoms with van der Waals surface area (Å²) in [7, 11) is 1.81. The summed E-state index contributed by atoms with van der Waals surface area (Å²) >= 11 is 1.88. The number of amidine groups is 1. The number of aliphatic imine (C=N–C) groups is 1. The smallest absolute Gasteiger partial charge is 0.157 e. The van der Waals surface area contributed by atoms with E-state index in [0.29, 0.717) is 18.2 Å². The molecule has 4 heteroatoms. The maximum atomic E-state index is 5.48. The Labute approximate surface area is 109 Å². The van der Waals surface area contributed by atoms with E-state index in [1.807, 2.05) is 11.8 Å². The Bertz CT molecular complexity index is 281. The van der Waals surface area contributed by atoms with Crippen LogP contribution in [0.1, 0.15) is 39.5 Å². The fourth-order valence-electron chi connectivity index (χ4n) is 2.69. The Morgan fingerprint density at radius 3 is 3.00 bits per heavy atom. The molecule has 1 saturated heterocycles. The molecule has 3 nitrogen and oxygen atoms in total. The van der Waals surface area contributed by atoms with Gasteiger partial charge in [0.05, 0.1) is 12.1 Å². The number of hydrogen-bond donors (Lipinski definition) is 1. The van der Waals surface area contributed by atoms with Crippen molar-refractivity contribution in [1.29, 1.82) is 0 Å². The largest absolute Gasteiger partial charge is 0.379 e. The van der Waals surface area contributed by atoms with E-state index in [9.17, 15) is 0 Å². The van der Waals surface area contributed by atoms with Crippen LogP contribution < -0.4 is 5.32 Å². The standard InChI is InChI=1S/C13H24N2OS/c1-9(2)7-10-8-17-13(14-10)15-11-5-4-6-12(11)16-3/h9-12H,4-8H2,1-3H3,(H,14,15). The van der Waals surface area contributed by atoms with Crippen LogP contribution in [-0.2, 0) is 4.74 Å². The Balaban J connectivity index is 1.86. The molecule has 3 unspecified atom stereocenters. The summed E-state index contributed by atoms with van der Waals surface area (Å²) in [5, 5.41) is 4.69. The molecule has 2 fully saturated rings. The van der Waals surface area contributed by atoms with E-state index in [1.165, 1.54) is 25.0 Å². The van der Waals surface area contributed by atoms with Crippen LogP contribution in [0, 0.1) is 5.92 Å². The van der Waals surface area contributed by atoms with Gasteiger partial charge >= 0.3 is 0 Å². The summed E-state index contributed by atoms with van der Waals surface area (Å²) < 4.78 is 5.48. The van der Waals surface area contributed by atoms with Gasteiger partial charge in [-0.25, -0.2) is 0 Å². The lowest BCUT2D eigenvalue weighted by atomic mass is 10.1. The van der Waals surface area contributed by atoms with E-state index in [0.717, 1.165) is 17.5 Å². The molecule has 17 heavy (non-hydrogen) atoms. The first-order valence-corrected chi connectivity index (χ1v) is 7.67. The molecular weight excluding hydrogens is 232 g/mol. The van der Waals surface area contributed by atoms with E-state index in [2.05, 4.69) is 19.2 Å². The first-order valence-electron chi connectivity index (χ1n) is 6.69. The van der Waals surface area contributed by atoms with Crippen molar-refractivity contribution in [3.8, 4) is 0 Å². The zero-order chi connectivity index (χ0) is 12.3. The molecule has 3 atom stereocenters. The predicted octanol–water partition coefficient (Wildman–Crippen LogP) is 2.66. The second kappa shape index (κ2) is 6.10. The maximum absolute atomic E-state index is 5.48. The van der Waals surface area contributed by atoms with Crippen molar-refractivity contribution in [2.75, 3.05) is 12.9 Å². The lowest BCUT2D eigenvalue weighted by Crippen LogP contribution is -2.30. The molecule has 0 radical (unpaired) electrons. The first kappa shape index (κ1) is 13.2. The lowest BCUT2D eigenvalue weighted by molar-refractivity contribution is 0.0966. The van der Waals surface area contributed by atoms with E-state index in [-0.39, 0.29) is 0 Å². The molecule has 2 aliphatic rings. The predicted molar refractivity (Wildman–Crippen MR) is 74.7 cm³/mol. The van der Waals surface area contributed by atoms with Gasteiger partial charge in [0.1, 0.15) is 0 Å². The van der Waals surface area contributed by atoms with Crippen LogP contribution in [0.3, 0.4) is 0 Å². The van der Waals surface area contributed by atoms with Crippen LogP contribution >= 0.6 is 11.8 Å². The van der Waals surface area contributed by atoms with E-state index < -0.39 is 0 Å². The number of nitrogens with zero attached hydrogens (tertiary/aromatic N) is 1. The number of rotatable bonds is 4. The maximum Gasteiger partial charge on any atom is 0.157 e. The number of hydrogen-bond acceptors (Lipinski definition) is 3. The monoisotopic (exact) mass is 256 g/mol. The molecule has 0 bridgehead atoms. The fraction of sp³-hybridized carbons (Fsp3) is 0.923. The van der Waals surface area contributed by atoms with Gasteiger partial charge in [0.2, 0.25) is 0 Å². The number of nitrogens with one attached hydrogen (secondary N) is 1. The fourth-order valence-corrected chi connectivity index (χ4v) is 3.73. The van der Waals surface area contributed by atoms with Crippen LogP contribution in [0.5, 0.6) is 0 Å². The van der Waals surface area contributed by atoms with Crippen molar-refractivity contribution in [1.82, 2.24) is 5.32 Å². The normalized spacial score (nSPS) is 35.8. The average Bonchev–Trinajstić information content (AvgIpc) is 2.87. The molecule has 1 aliphatic carbocycles. The number of thioether (sulfide) groups is 1. The highest BCUT2D eigenvalue weighted by Crippen LogP contribution is 2.27. The zero-order valence-electron chi connectivity index (χ0n) is 11.1. The molecule has 2 rings (SSSR count). The van der Waals surface area contributed by atoms with Gasteiger partial charge in [-0.15, -0.1) is 0 Å². The van der Waals surface area contributed by atoms with Crippen molar-refractivity contribution in [3.63, 3.8) is 0 Å². The Hall–Kier alpha value is -0.220. The molecule has 0 amide bonds. The SMILES string of the molecule is COC1CCCC1N=C1NC(CC(C)C)CS1. The first-order chi connectivity index (χ1) is 8.19. The van der Waals surface area contributed by atoms with Crippen LogP contribution in [0.2, 0.25) is 0 Å². The second-order valence-corrected chi connectivity index (χ2v) is 6.50. The molecule has 0 spiro atoms.